The van der Waals surface area contributed by atoms with E-state index in [1.165, 1.54) is 9.13 Å². The Balaban J connectivity index is 0.00000162. The van der Waals surface area contributed by atoms with Crippen LogP contribution in [-0.4, -0.2) is 49.0 Å². The second-order valence-corrected chi connectivity index (χ2v) is 5.76. The summed E-state index contributed by atoms with van der Waals surface area (Å²) in [5.41, 5.74) is 1.38. The van der Waals surface area contributed by atoms with Gasteiger partial charge in [0.1, 0.15) is 26.2 Å². The molecule has 18 heavy (non-hydrogen) atoms. The second-order valence-electron chi connectivity index (χ2n) is 4.60. The fraction of sp³-hybridized carbons (Fsp3) is 0.538. The maximum atomic E-state index is 9.27. The van der Waals surface area contributed by atoms with E-state index in [1.807, 2.05) is 0 Å². The van der Waals surface area contributed by atoms with E-state index >= 15 is 0 Å². The van der Waals surface area contributed by atoms with E-state index in [0.717, 1.165) is 43.9 Å². The Morgan fingerprint density at radius 1 is 1.22 bits per heavy atom. The molecule has 1 aromatic carbocycles. The first-order chi connectivity index (χ1) is 8.26. The molecule has 1 saturated heterocycles. The van der Waals surface area contributed by atoms with Crippen LogP contribution in [0.4, 0.5) is 0 Å². The maximum absolute atomic E-state index is 9.27. The van der Waals surface area contributed by atoms with Crippen LogP contribution in [0.1, 0.15) is 5.56 Å². The molecule has 0 aromatic heterocycles. The number of halogens is 2. The molecule has 2 rings (SSSR count). The van der Waals surface area contributed by atoms with Crippen LogP contribution >= 0.6 is 22.6 Å². The van der Waals surface area contributed by atoms with E-state index in [9.17, 15) is 5.11 Å². The number of benzene rings is 1. The Hall–Kier alpha value is 0.120. The van der Waals surface area contributed by atoms with Gasteiger partial charge in [0.25, 0.3) is 0 Å². The lowest BCUT2D eigenvalue weighted by molar-refractivity contribution is -0.947. The molecule has 0 unspecified atom stereocenters. The van der Waals surface area contributed by atoms with Gasteiger partial charge in [-0.25, -0.2) is 0 Å². The van der Waals surface area contributed by atoms with Crippen LogP contribution in [0.25, 0.3) is 0 Å². The quantitative estimate of drug-likeness (QED) is 0.514. The molecule has 1 aliphatic rings. The van der Waals surface area contributed by atoms with Crippen LogP contribution in [0, 0.1) is 3.57 Å². The summed E-state index contributed by atoms with van der Waals surface area (Å²) in [6, 6.07) is 8.49. The predicted molar refractivity (Wildman–Crippen MR) is 75.6 cm³/mol. The largest absolute Gasteiger partial charge is 1.00 e. The van der Waals surface area contributed by atoms with Gasteiger partial charge in [-0.3, -0.25) is 0 Å². The van der Waals surface area contributed by atoms with Crippen molar-refractivity contribution in [2.24, 2.45) is 0 Å². The number of nitrogens with zero attached hydrogens (tertiary/aromatic N) is 1. The molecule has 0 amide bonds. The van der Waals surface area contributed by atoms with Crippen molar-refractivity contribution in [1.29, 1.82) is 0 Å². The first-order valence-corrected chi connectivity index (χ1v) is 7.11. The first-order valence-electron chi connectivity index (χ1n) is 6.03. The van der Waals surface area contributed by atoms with Gasteiger partial charge >= 0.3 is 0 Å². The van der Waals surface area contributed by atoms with Gasteiger partial charge in [-0.05, 0) is 28.7 Å². The van der Waals surface area contributed by atoms with E-state index in [2.05, 4.69) is 46.9 Å². The zero-order valence-electron chi connectivity index (χ0n) is 10.3. The zero-order chi connectivity index (χ0) is 12.1. The summed E-state index contributed by atoms with van der Waals surface area (Å²) in [5, 5.41) is 9.27. The van der Waals surface area contributed by atoms with Crippen molar-refractivity contribution in [1.82, 2.24) is 0 Å². The fourth-order valence-corrected chi connectivity index (χ4v) is 2.95. The molecule has 0 radical (unpaired) electrons. The monoisotopic (exact) mass is 383 g/mol. The highest BCUT2D eigenvalue weighted by molar-refractivity contribution is 14.1. The Kier molecular flexibility index (Phi) is 6.87. The summed E-state index contributed by atoms with van der Waals surface area (Å²) in [6.07, 6.45) is 0. The highest BCUT2D eigenvalue weighted by Gasteiger charge is 2.30. The van der Waals surface area contributed by atoms with Crippen LogP contribution in [-0.2, 0) is 11.3 Å². The van der Waals surface area contributed by atoms with Crippen LogP contribution in [0.15, 0.2) is 24.3 Å². The Morgan fingerprint density at radius 3 is 2.50 bits per heavy atom. The third kappa shape index (κ3) is 4.06. The Bertz CT molecular complexity index is 364. The average Bonchev–Trinajstić information content (AvgIpc) is 2.34. The van der Waals surface area contributed by atoms with Crippen LogP contribution in [0.2, 0.25) is 0 Å². The molecule has 0 aliphatic carbocycles. The van der Waals surface area contributed by atoms with Gasteiger partial charge in [0.2, 0.25) is 0 Å². The summed E-state index contributed by atoms with van der Waals surface area (Å²) in [5.74, 6) is 0. The summed E-state index contributed by atoms with van der Waals surface area (Å²) in [6.45, 7) is 5.71. The Morgan fingerprint density at radius 2 is 1.89 bits per heavy atom. The van der Waals surface area contributed by atoms with Gasteiger partial charge in [-0.15, -0.1) is 0 Å². The third-order valence-corrected chi connectivity index (χ3v) is 4.51. The van der Waals surface area contributed by atoms with Crippen LogP contribution in [0.5, 0.6) is 0 Å². The lowest BCUT2D eigenvalue weighted by Crippen LogP contribution is -3.00. The number of hydrogen-bond acceptors (Lipinski definition) is 2. The number of aliphatic hydroxyl groups excluding tert-OH is 1. The van der Waals surface area contributed by atoms with Gasteiger partial charge in [-0.2, -0.15) is 0 Å². The minimum absolute atomic E-state index is 0. The van der Waals surface area contributed by atoms with Crippen molar-refractivity contribution in [3.05, 3.63) is 33.4 Å². The summed E-state index contributed by atoms with van der Waals surface area (Å²) in [7, 11) is 0. The van der Waals surface area contributed by atoms with Crippen molar-refractivity contribution >= 4 is 22.6 Å². The summed E-state index contributed by atoms with van der Waals surface area (Å²) in [4.78, 5) is 0. The molecular weight excluding hydrogens is 365 g/mol. The minimum atomic E-state index is 0. The summed E-state index contributed by atoms with van der Waals surface area (Å²) >= 11 is 2.39. The molecule has 3 nitrogen and oxygen atoms in total. The number of rotatable bonds is 4. The molecule has 0 spiro atoms. The highest BCUT2D eigenvalue weighted by atomic mass is 127. The van der Waals surface area contributed by atoms with Crippen molar-refractivity contribution < 1.29 is 26.7 Å². The summed E-state index contributed by atoms with van der Waals surface area (Å²) < 4.78 is 7.71. The molecular formula is C13H19ClINO2. The van der Waals surface area contributed by atoms with Gasteiger partial charge < -0.3 is 26.7 Å². The van der Waals surface area contributed by atoms with Crippen molar-refractivity contribution in [3.8, 4) is 0 Å². The van der Waals surface area contributed by atoms with Crippen LogP contribution < -0.4 is 12.4 Å². The Labute approximate surface area is 128 Å². The van der Waals surface area contributed by atoms with Gasteiger partial charge in [0, 0.05) is 9.13 Å². The van der Waals surface area contributed by atoms with E-state index in [4.69, 9.17) is 4.74 Å². The number of quaternary nitrogens is 1. The number of ether oxygens (including phenoxy) is 1. The number of aliphatic hydroxyl groups is 1. The molecule has 5 heteroatoms. The molecule has 1 N–H and O–H groups in total. The fourth-order valence-electron chi connectivity index (χ4n) is 2.39. The number of hydrogen-bond donors (Lipinski definition) is 1. The molecule has 1 fully saturated rings. The highest BCUT2D eigenvalue weighted by Crippen LogP contribution is 2.20. The smallest absolute Gasteiger partial charge is 0.106 e. The van der Waals surface area contributed by atoms with E-state index in [1.54, 1.807) is 0 Å². The SMILES string of the molecule is OCC[N+]1(Cc2ccccc2I)CCOCC1.[Cl-]. The average molecular weight is 384 g/mol. The lowest BCUT2D eigenvalue weighted by Gasteiger charge is -2.41. The molecule has 0 atom stereocenters. The third-order valence-electron chi connectivity index (χ3n) is 3.46. The second kappa shape index (κ2) is 7.65. The standard InChI is InChI=1S/C13H19INO2.ClH/c14-13-4-2-1-3-12(13)11-15(5-8-16)6-9-17-10-7-15;/h1-4,16H,5-11H2;1H/q+1;/p-1. The topological polar surface area (TPSA) is 29.5 Å². The van der Waals surface area contributed by atoms with E-state index in [0.29, 0.717) is 0 Å². The van der Waals surface area contributed by atoms with Crippen molar-refractivity contribution in [2.45, 2.75) is 6.54 Å². The van der Waals surface area contributed by atoms with Gasteiger partial charge in [0.05, 0.1) is 19.8 Å². The molecule has 0 saturated carbocycles. The van der Waals surface area contributed by atoms with Crippen molar-refractivity contribution in [3.63, 3.8) is 0 Å². The molecule has 0 bridgehead atoms. The van der Waals surface area contributed by atoms with E-state index in [-0.39, 0.29) is 19.0 Å². The molecule has 102 valence electrons. The maximum Gasteiger partial charge on any atom is 0.106 e. The lowest BCUT2D eigenvalue weighted by atomic mass is 10.1. The normalized spacial score (nSPS) is 18.1. The molecule has 1 aromatic rings. The number of morpholine rings is 1. The first kappa shape index (κ1) is 16.2. The minimum Gasteiger partial charge on any atom is -1.00 e. The van der Waals surface area contributed by atoms with Gasteiger partial charge in [0.15, 0.2) is 0 Å². The molecule has 1 heterocycles. The van der Waals surface area contributed by atoms with E-state index < -0.39 is 0 Å². The molecule has 1 aliphatic heterocycles. The van der Waals surface area contributed by atoms with Crippen LogP contribution in [0.3, 0.4) is 0 Å². The zero-order valence-corrected chi connectivity index (χ0v) is 13.2. The van der Waals surface area contributed by atoms with Crippen molar-refractivity contribution in [2.75, 3.05) is 39.5 Å². The predicted octanol–water partition coefficient (Wildman–Crippen LogP) is -1.37. The van der Waals surface area contributed by atoms with Gasteiger partial charge in [-0.1, -0.05) is 18.2 Å².